The molecule has 0 spiro atoms. The van der Waals surface area contributed by atoms with E-state index in [2.05, 4.69) is 0 Å². The number of aliphatic hydroxyl groups is 1. The zero-order chi connectivity index (χ0) is 11.4. The third kappa shape index (κ3) is 2.95. The van der Waals surface area contributed by atoms with Gasteiger partial charge in [-0.25, -0.2) is 0 Å². The third-order valence-corrected chi connectivity index (χ3v) is 2.35. The molecule has 0 aliphatic rings. The molecule has 0 fully saturated rings. The summed E-state index contributed by atoms with van der Waals surface area (Å²) in [7, 11) is 0. The minimum absolute atomic E-state index is 0.170. The van der Waals surface area contributed by atoms with Crippen LogP contribution in [-0.4, -0.2) is 16.2 Å². The average Bonchev–Trinajstić information content (AvgIpc) is 2.18. The number of nitrogen functional groups attached to an aromatic ring is 1. The Morgan fingerprint density at radius 1 is 1.47 bits per heavy atom. The monoisotopic (exact) mass is 209 g/mol. The van der Waals surface area contributed by atoms with Crippen LogP contribution >= 0.6 is 0 Å². The molecular formula is C11H15NO3. The molecule has 15 heavy (non-hydrogen) atoms. The molecule has 0 bridgehead atoms. The van der Waals surface area contributed by atoms with Crippen LogP contribution in [0.3, 0.4) is 0 Å². The highest BCUT2D eigenvalue weighted by Gasteiger charge is 2.18. The smallest absolute Gasteiger partial charge is 0.306 e. The van der Waals surface area contributed by atoms with Crippen LogP contribution in [0.15, 0.2) is 24.3 Å². The quantitative estimate of drug-likeness (QED) is 0.655. The number of rotatable bonds is 4. The number of benzene rings is 1. The van der Waals surface area contributed by atoms with Gasteiger partial charge in [0.25, 0.3) is 0 Å². The van der Waals surface area contributed by atoms with E-state index >= 15 is 0 Å². The minimum Gasteiger partial charge on any atom is -0.481 e. The zero-order valence-corrected chi connectivity index (χ0v) is 8.55. The summed E-state index contributed by atoms with van der Waals surface area (Å²) in [4.78, 5) is 10.6. The van der Waals surface area contributed by atoms with E-state index in [1.54, 1.807) is 31.2 Å². The molecule has 1 rings (SSSR count). The van der Waals surface area contributed by atoms with E-state index in [0.717, 1.165) is 0 Å². The van der Waals surface area contributed by atoms with Gasteiger partial charge < -0.3 is 15.9 Å². The third-order valence-electron chi connectivity index (χ3n) is 2.35. The van der Waals surface area contributed by atoms with Crippen molar-refractivity contribution >= 4 is 11.7 Å². The lowest BCUT2D eigenvalue weighted by Gasteiger charge is -2.15. The van der Waals surface area contributed by atoms with Gasteiger partial charge in [0.15, 0.2) is 0 Å². The van der Waals surface area contributed by atoms with Crippen LogP contribution < -0.4 is 5.73 Å². The molecular weight excluding hydrogens is 194 g/mol. The van der Waals surface area contributed by atoms with E-state index in [0.29, 0.717) is 11.3 Å². The Morgan fingerprint density at radius 3 is 2.60 bits per heavy atom. The molecule has 82 valence electrons. The van der Waals surface area contributed by atoms with Crippen molar-refractivity contribution in [3.8, 4) is 0 Å². The van der Waals surface area contributed by atoms with Gasteiger partial charge in [-0.3, -0.25) is 4.79 Å². The lowest BCUT2D eigenvalue weighted by Crippen LogP contribution is -2.14. The summed E-state index contributed by atoms with van der Waals surface area (Å²) in [5.41, 5.74) is 6.74. The summed E-state index contributed by atoms with van der Waals surface area (Å²) in [5, 5.41) is 18.5. The van der Waals surface area contributed by atoms with Gasteiger partial charge in [-0.05, 0) is 12.5 Å². The van der Waals surface area contributed by atoms with Crippen molar-refractivity contribution in [1.29, 1.82) is 0 Å². The maximum absolute atomic E-state index is 10.6. The molecule has 4 heteroatoms. The molecule has 0 heterocycles. The number of carboxylic acid groups (broad SMARTS) is 1. The van der Waals surface area contributed by atoms with Gasteiger partial charge in [0.1, 0.15) is 0 Å². The fourth-order valence-corrected chi connectivity index (χ4v) is 1.38. The van der Waals surface area contributed by atoms with Crippen LogP contribution in [0.4, 0.5) is 5.69 Å². The molecule has 0 amide bonds. The fourth-order valence-electron chi connectivity index (χ4n) is 1.38. The molecule has 4 N–H and O–H groups in total. The molecule has 0 radical (unpaired) electrons. The number of para-hydroxylation sites is 1. The Kier molecular flexibility index (Phi) is 3.68. The molecule has 1 aromatic carbocycles. The van der Waals surface area contributed by atoms with Gasteiger partial charge in [0.05, 0.1) is 12.0 Å². The van der Waals surface area contributed by atoms with Crippen LogP contribution in [-0.2, 0) is 4.79 Å². The number of hydrogen-bond donors (Lipinski definition) is 3. The first-order chi connectivity index (χ1) is 7.02. The van der Waals surface area contributed by atoms with E-state index in [4.69, 9.17) is 10.8 Å². The van der Waals surface area contributed by atoms with Crippen molar-refractivity contribution in [2.45, 2.75) is 19.4 Å². The molecule has 2 atom stereocenters. The second-order valence-corrected chi connectivity index (χ2v) is 3.62. The summed E-state index contributed by atoms with van der Waals surface area (Å²) in [6.07, 6.45) is -0.652. The number of nitrogens with two attached hydrogens (primary N) is 1. The Balaban J connectivity index is 2.73. The van der Waals surface area contributed by atoms with Gasteiger partial charge in [-0.15, -0.1) is 0 Å². The maximum atomic E-state index is 10.6. The van der Waals surface area contributed by atoms with Crippen molar-refractivity contribution in [2.75, 3.05) is 5.73 Å². The first kappa shape index (κ1) is 11.5. The van der Waals surface area contributed by atoms with Crippen molar-refractivity contribution in [3.05, 3.63) is 29.8 Å². The zero-order valence-electron chi connectivity index (χ0n) is 8.55. The number of hydrogen-bond acceptors (Lipinski definition) is 3. The summed E-state index contributed by atoms with van der Waals surface area (Å²) in [6.45, 7) is 1.56. The Morgan fingerprint density at radius 2 is 2.07 bits per heavy atom. The molecule has 0 aliphatic carbocycles. The van der Waals surface area contributed by atoms with Crippen molar-refractivity contribution in [3.63, 3.8) is 0 Å². The van der Waals surface area contributed by atoms with Crippen LogP contribution in [0, 0.1) is 5.92 Å². The van der Waals surface area contributed by atoms with Gasteiger partial charge in [0, 0.05) is 11.3 Å². The van der Waals surface area contributed by atoms with Gasteiger partial charge in [0.2, 0.25) is 0 Å². The van der Waals surface area contributed by atoms with E-state index in [1.807, 2.05) is 0 Å². The molecule has 0 saturated heterocycles. The predicted octanol–water partition coefficient (Wildman–Crippen LogP) is 1.41. The minimum atomic E-state index is -0.913. The summed E-state index contributed by atoms with van der Waals surface area (Å²) >= 11 is 0. The van der Waals surface area contributed by atoms with Gasteiger partial charge in [-0.2, -0.15) is 0 Å². The number of carboxylic acids is 1. The molecule has 1 aromatic rings. The fraction of sp³-hybridized carbons (Fsp3) is 0.364. The largest absolute Gasteiger partial charge is 0.481 e. The Bertz CT molecular complexity index is 351. The van der Waals surface area contributed by atoms with E-state index in [-0.39, 0.29) is 6.42 Å². The van der Waals surface area contributed by atoms with Gasteiger partial charge >= 0.3 is 5.97 Å². The second-order valence-electron chi connectivity index (χ2n) is 3.62. The maximum Gasteiger partial charge on any atom is 0.306 e. The number of aliphatic hydroxyl groups excluding tert-OH is 1. The molecule has 4 nitrogen and oxygen atoms in total. The predicted molar refractivity (Wildman–Crippen MR) is 57.2 cm³/mol. The first-order valence-corrected chi connectivity index (χ1v) is 4.77. The molecule has 0 aromatic heterocycles. The highest BCUT2D eigenvalue weighted by Crippen LogP contribution is 2.25. The average molecular weight is 209 g/mol. The molecule has 0 aliphatic heterocycles. The number of carbonyl (C=O) groups is 1. The van der Waals surface area contributed by atoms with E-state index in [9.17, 15) is 9.90 Å². The van der Waals surface area contributed by atoms with Crippen LogP contribution in [0.5, 0.6) is 0 Å². The lowest BCUT2D eigenvalue weighted by molar-refractivity contribution is -0.142. The van der Waals surface area contributed by atoms with E-state index < -0.39 is 18.0 Å². The van der Waals surface area contributed by atoms with Crippen LogP contribution in [0.25, 0.3) is 0 Å². The second kappa shape index (κ2) is 4.79. The van der Waals surface area contributed by atoms with Crippen molar-refractivity contribution < 1.29 is 15.0 Å². The first-order valence-electron chi connectivity index (χ1n) is 4.77. The topological polar surface area (TPSA) is 83.5 Å². The summed E-state index contributed by atoms with van der Waals surface area (Å²) in [6, 6.07) is 6.92. The normalized spacial score (nSPS) is 14.5. The summed E-state index contributed by atoms with van der Waals surface area (Å²) in [5.74, 6) is -1.50. The van der Waals surface area contributed by atoms with Crippen molar-refractivity contribution in [1.82, 2.24) is 0 Å². The molecule has 0 unspecified atom stereocenters. The van der Waals surface area contributed by atoms with Crippen LogP contribution in [0.2, 0.25) is 0 Å². The lowest BCUT2D eigenvalue weighted by atomic mass is 9.97. The van der Waals surface area contributed by atoms with Gasteiger partial charge in [-0.1, -0.05) is 25.1 Å². The number of aliphatic carboxylic acids is 1. The Hall–Kier alpha value is -1.55. The Labute approximate surface area is 88.3 Å². The molecule has 0 saturated carbocycles. The van der Waals surface area contributed by atoms with E-state index in [1.165, 1.54) is 0 Å². The standard InChI is InChI=1S/C11H15NO3/c1-7(11(14)15)6-10(13)8-4-2-3-5-9(8)12/h2-5,7,10,13H,6,12H2,1H3,(H,14,15)/t7-,10+/m0/s1. The SMILES string of the molecule is C[C@@H](C[C@@H](O)c1ccccc1N)C(=O)O. The highest BCUT2D eigenvalue weighted by atomic mass is 16.4. The summed E-state index contributed by atoms with van der Waals surface area (Å²) < 4.78 is 0. The van der Waals surface area contributed by atoms with Crippen molar-refractivity contribution in [2.24, 2.45) is 5.92 Å². The number of anilines is 1. The highest BCUT2D eigenvalue weighted by molar-refractivity contribution is 5.69. The van der Waals surface area contributed by atoms with Crippen LogP contribution in [0.1, 0.15) is 25.0 Å².